The van der Waals surface area contributed by atoms with Gasteiger partial charge in [0, 0.05) is 0 Å². The summed E-state index contributed by atoms with van der Waals surface area (Å²) in [6.07, 6.45) is -54.7. The van der Waals surface area contributed by atoms with Crippen LogP contribution in [0, 0.1) is 50.2 Å². The summed E-state index contributed by atoms with van der Waals surface area (Å²) in [5.74, 6) is -5.42. The fraction of sp³-hybridized carbons (Fsp3) is 0.915. The lowest BCUT2D eigenvalue weighted by molar-refractivity contribution is -0.391. The highest BCUT2D eigenvalue weighted by molar-refractivity contribution is 5.80. The lowest BCUT2D eigenvalue weighted by Crippen LogP contribution is -2.70. The van der Waals surface area contributed by atoms with Crippen molar-refractivity contribution in [3.63, 3.8) is 0 Å². The van der Waals surface area contributed by atoms with Gasteiger partial charge < -0.3 is 179 Å². The monoisotopic (exact) mass is 1590 g/mol. The molecule has 12 aliphatic rings. The number of hydrogen-bond acceptors (Lipinski definition) is 37. The Hall–Kier alpha value is -3.46. The van der Waals surface area contributed by atoms with E-state index in [4.69, 9.17) is 66.3 Å². The van der Waals surface area contributed by atoms with Crippen LogP contribution >= 0.6 is 0 Å². The molecular formula is C71H111NO38. The fourth-order valence-electron chi connectivity index (χ4n) is 20.4. The van der Waals surface area contributed by atoms with Crippen molar-refractivity contribution in [1.29, 1.82) is 0 Å². The average Bonchev–Trinajstić information content (AvgIpc) is 0.707. The zero-order chi connectivity index (χ0) is 80.3. The number of amides is 1. The fourth-order valence-corrected chi connectivity index (χ4v) is 20.4. The number of aliphatic hydroxyl groups excluding tert-OH is 19. The molecule has 0 spiro atoms. The Kier molecular flexibility index (Phi) is 25.6. The summed E-state index contributed by atoms with van der Waals surface area (Å²) in [6.45, 7) is 8.74. The number of aldehydes is 1. The SMILES string of the molecule is CC1O[C@@H](OC2C(O)[C@@H](NC(=O)CO[C@@H]3O[C@@H](CO)C(O)C3O)[C@@H](CO)O[C@H]2OC(=O)[C@]23CCC(C)(C)CC2C2=CCC4C5(C)CC[C@H](O[C@@H]6OC(C(=O)O)[C@@H](O)[C@H](O[C@@H]7OC[C@@H](O)[C@H](O)C7O)C6O[C@@H]6OC(CO)[C@H](O)[C@H](O)C6O)[C@](C)(C=O)[C@@H]5CC[C@]4(C)[C@]2(C)CC3O)C(O)C(O)[C@H]1O[C@@H]1OC[C@@H](O)C(O)C1O. The second-order valence-corrected chi connectivity index (χ2v) is 33.9. The minimum atomic E-state index is -2.25. The third-order valence-electron chi connectivity index (χ3n) is 27.0. The average molecular weight is 1590 g/mol. The summed E-state index contributed by atoms with van der Waals surface area (Å²) >= 11 is 0. The summed E-state index contributed by atoms with van der Waals surface area (Å²) in [4.78, 5) is 57.1. The largest absolute Gasteiger partial charge is 0.479 e. The second kappa shape index (κ2) is 32.8. The van der Waals surface area contributed by atoms with Crippen molar-refractivity contribution in [3.8, 4) is 0 Å². The Morgan fingerprint density at radius 1 is 0.527 bits per heavy atom. The molecule has 39 nitrogen and oxygen atoms in total. The summed E-state index contributed by atoms with van der Waals surface area (Å²) in [5.41, 5.74) is -5.33. The zero-order valence-corrected chi connectivity index (χ0v) is 61.9. The molecule has 0 aromatic carbocycles. The van der Waals surface area contributed by atoms with Crippen LogP contribution in [0.3, 0.4) is 0 Å². The van der Waals surface area contributed by atoms with Crippen LogP contribution in [0.15, 0.2) is 11.6 Å². The lowest BCUT2D eigenvalue weighted by atomic mass is 9.33. The number of carboxylic acid groups (broad SMARTS) is 1. The van der Waals surface area contributed by atoms with Crippen LogP contribution in [0.5, 0.6) is 0 Å². The third kappa shape index (κ3) is 15.0. The van der Waals surface area contributed by atoms with E-state index >= 15 is 4.79 Å². The number of allylic oxidation sites excluding steroid dienone is 2. The normalized spacial score (nSPS) is 52.9. The van der Waals surface area contributed by atoms with Crippen LogP contribution in [0.4, 0.5) is 0 Å². The molecule has 11 fully saturated rings. The van der Waals surface area contributed by atoms with Gasteiger partial charge in [-0.2, -0.15) is 0 Å². The number of nitrogens with one attached hydrogen (secondary N) is 1. The Labute approximate surface area is 631 Å². The maximum atomic E-state index is 16.0. The van der Waals surface area contributed by atoms with Crippen LogP contribution < -0.4 is 5.32 Å². The van der Waals surface area contributed by atoms with Gasteiger partial charge in [0.05, 0.1) is 62.8 Å². The Morgan fingerprint density at radius 2 is 1.07 bits per heavy atom. The molecule has 628 valence electrons. The Balaban J connectivity index is 0.822. The van der Waals surface area contributed by atoms with E-state index in [2.05, 4.69) is 32.2 Å². The summed E-state index contributed by atoms with van der Waals surface area (Å²) in [6, 6.07) is -1.70. The molecule has 39 heteroatoms. The van der Waals surface area contributed by atoms with E-state index in [0.29, 0.717) is 38.5 Å². The molecule has 12 rings (SSSR count). The molecule has 18 unspecified atom stereocenters. The van der Waals surface area contributed by atoms with Crippen LogP contribution in [-0.4, -0.2) is 375 Å². The molecule has 110 heavy (non-hydrogen) atoms. The molecule has 7 aliphatic heterocycles. The molecule has 0 aromatic heterocycles. The standard InChI is InChI=1S/C71H111NO38/c1-25-52(105-59-46(88)39(81)28(77)21-97-59)45(87)50(92)61(100-25)108-55-43(85)38(72-37(80)23-99-58-48(90)42(84)32(20-75)102-58)30(18-73)101-63(55)110-65(96)71-15-14-66(2,3)16-27(71)26-8-9-34-67(4)12-11-36(68(5,24-76)33(67)10-13-69(34,6)70(26,7)17-35(71)79)104-64-56(109-62-49(91)44(86)41(83)31(19-74)103-62)53(51(93)54(107-64)57(94)95)106-60-47(89)40(82)29(78)22-98-60/h8,24-25,27-36,38-56,58-64,73-75,77-79,81-93H,9-23H2,1-7H3,(H,72,80)(H,94,95)/t25?,27?,28-,29-,30-,31?,32+,33-,34?,35?,36+,38+,39?,40+,41+,42?,43?,44+,45?,46?,47?,48?,49?,50?,51+,52+,53+,54?,55?,56?,58-,59+,60+,61+,62+,63+,64-,67?,68-,69+,70-,71-/m1/s1. The third-order valence-corrected chi connectivity index (χ3v) is 27.0. The number of rotatable bonds is 21. The zero-order valence-electron chi connectivity index (χ0n) is 61.9. The van der Waals surface area contributed by atoms with Crippen molar-refractivity contribution < 1.29 is 188 Å². The number of carbonyl (C=O) groups excluding carboxylic acids is 3. The summed E-state index contributed by atoms with van der Waals surface area (Å²) < 4.78 is 83.3. The van der Waals surface area contributed by atoms with Gasteiger partial charge in [-0.05, 0) is 104 Å². The van der Waals surface area contributed by atoms with Crippen LogP contribution in [0.2, 0.25) is 0 Å². The number of esters is 1. The molecule has 4 saturated carbocycles. The van der Waals surface area contributed by atoms with Crippen molar-refractivity contribution >= 4 is 24.1 Å². The van der Waals surface area contributed by atoms with E-state index in [1.807, 2.05) is 13.8 Å². The highest BCUT2D eigenvalue weighted by atomic mass is 16.8. The number of aliphatic hydroxyl groups is 19. The molecule has 1 amide bonds. The lowest BCUT2D eigenvalue weighted by Gasteiger charge is -2.71. The van der Waals surface area contributed by atoms with Crippen LogP contribution in [0.1, 0.15) is 106 Å². The van der Waals surface area contributed by atoms with Gasteiger partial charge in [0.2, 0.25) is 12.2 Å². The van der Waals surface area contributed by atoms with Crippen LogP contribution in [-0.2, 0) is 85.5 Å². The first kappa shape index (κ1) is 85.9. The maximum Gasteiger partial charge on any atom is 0.335 e. The van der Waals surface area contributed by atoms with Gasteiger partial charge in [-0.25, -0.2) is 4.79 Å². The Morgan fingerprint density at radius 3 is 1.68 bits per heavy atom. The molecule has 42 atom stereocenters. The second-order valence-electron chi connectivity index (χ2n) is 33.9. The smallest absolute Gasteiger partial charge is 0.335 e. The van der Waals surface area contributed by atoms with Crippen molar-refractivity contribution in [2.45, 2.75) is 315 Å². The molecule has 0 bridgehead atoms. The predicted molar refractivity (Wildman–Crippen MR) is 357 cm³/mol. The number of aliphatic carboxylic acids is 1. The first-order valence-corrected chi connectivity index (χ1v) is 37.7. The van der Waals surface area contributed by atoms with E-state index < -0.39 is 311 Å². The molecular weight excluding hydrogens is 1470 g/mol. The maximum absolute atomic E-state index is 16.0. The number of carbonyl (C=O) groups is 4. The number of fused-ring (bicyclic) bond motifs is 7. The van der Waals surface area contributed by atoms with Crippen molar-refractivity contribution in [1.82, 2.24) is 5.32 Å². The van der Waals surface area contributed by atoms with Gasteiger partial charge in [0.1, 0.15) is 146 Å². The molecule has 0 radical (unpaired) electrons. The van der Waals surface area contributed by atoms with Crippen molar-refractivity contribution in [2.75, 3.05) is 39.6 Å². The van der Waals surface area contributed by atoms with E-state index in [-0.39, 0.29) is 25.2 Å². The van der Waals surface area contributed by atoms with E-state index in [9.17, 15) is 117 Å². The minimum absolute atomic E-state index is 0.0299. The molecule has 21 N–H and O–H groups in total. The number of carboxylic acids is 1. The topological polar surface area (TPSA) is 614 Å². The predicted octanol–water partition coefficient (Wildman–Crippen LogP) is -8.26. The molecule has 7 heterocycles. The summed E-state index contributed by atoms with van der Waals surface area (Å²) in [5, 5.41) is 222. The number of ether oxygens (including phenoxy) is 14. The van der Waals surface area contributed by atoms with Gasteiger partial charge in [0.25, 0.3) is 0 Å². The van der Waals surface area contributed by atoms with Crippen molar-refractivity contribution in [3.05, 3.63) is 11.6 Å². The summed E-state index contributed by atoms with van der Waals surface area (Å²) in [7, 11) is 0. The highest BCUT2D eigenvalue weighted by Gasteiger charge is 2.73. The van der Waals surface area contributed by atoms with Gasteiger partial charge in [-0.3, -0.25) is 9.59 Å². The van der Waals surface area contributed by atoms with Crippen molar-refractivity contribution in [2.24, 2.45) is 50.2 Å². The first-order chi connectivity index (χ1) is 51.7. The Bertz CT molecular complexity index is 3250. The van der Waals surface area contributed by atoms with E-state index in [0.717, 1.165) is 11.9 Å². The minimum Gasteiger partial charge on any atom is -0.479 e. The van der Waals surface area contributed by atoms with Crippen LogP contribution in [0.25, 0.3) is 0 Å². The quantitative estimate of drug-likeness (QED) is 0.0220. The molecule has 0 aromatic rings. The van der Waals surface area contributed by atoms with E-state index in [1.54, 1.807) is 6.92 Å². The van der Waals surface area contributed by atoms with Gasteiger partial charge in [-0.1, -0.05) is 53.2 Å². The number of hydrogen-bond donors (Lipinski definition) is 21. The van der Waals surface area contributed by atoms with Gasteiger partial charge >= 0.3 is 11.9 Å². The highest BCUT2D eigenvalue weighted by Crippen LogP contribution is 2.76. The molecule has 7 saturated heterocycles. The van der Waals surface area contributed by atoms with E-state index in [1.165, 1.54) is 6.92 Å². The van der Waals surface area contributed by atoms with Gasteiger partial charge in [-0.15, -0.1) is 0 Å². The first-order valence-electron chi connectivity index (χ1n) is 37.7. The van der Waals surface area contributed by atoms with Gasteiger partial charge in [0.15, 0.2) is 49.9 Å². The molecule has 5 aliphatic carbocycles.